The van der Waals surface area contributed by atoms with Gasteiger partial charge in [0.25, 0.3) is 5.56 Å². The maximum absolute atomic E-state index is 13.5. The van der Waals surface area contributed by atoms with Gasteiger partial charge in [0.1, 0.15) is 5.82 Å². The molecule has 8 nitrogen and oxygen atoms in total. The van der Waals surface area contributed by atoms with Crippen molar-refractivity contribution in [2.24, 2.45) is 0 Å². The van der Waals surface area contributed by atoms with E-state index in [0.29, 0.717) is 17.7 Å². The number of hydrogen-bond acceptors (Lipinski definition) is 4. The Hall–Kier alpha value is -4.15. The van der Waals surface area contributed by atoms with Gasteiger partial charge in [0.15, 0.2) is 17.5 Å². The maximum Gasteiger partial charge on any atom is 0.330 e. The first-order valence-electron chi connectivity index (χ1n) is 9.40. The molecule has 32 heavy (non-hydrogen) atoms. The molecule has 11 heteroatoms. The van der Waals surface area contributed by atoms with Gasteiger partial charge in [-0.15, -0.1) is 0 Å². The molecule has 2 amide bonds. The first-order chi connectivity index (χ1) is 15.2. The minimum absolute atomic E-state index is 0.00178. The molecule has 0 fully saturated rings. The third kappa shape index (κ3) is 3.92. The molecule has 2 aromatic carbocycles. The van der Waals surface area contributed by atoms with E-state index < -0.39 is 58.5 Å². The van der Waals surface area contributed by atoms with E-state index in [1.807, 2.05) is 0 Å². The molecule has 164 valence electrons. The summed E-state index contributed by atoms with van der Waals surface area (Å²) in [5, 5.41) is 4.65. The van der Waals surface area contributed by atoms with Gasteiger partial charge in [-0.1, -0.05) is 30.3 Å². The lowest BCUT2D eigenvalue weighted by Crippen LogP contribution is -2.42. The SMILES string of the molecule is O=C1C[C@H](C(=O)Nc2cc(F)c(F)c(F)c2)c2c(n(Cc3ccccc3)c(=O)[nH]c2=O)N1. The summed E-state index contributed by atoms with van der Waals surface area (Å²) in [5.74, 6) is -7.81. The van der Waals surface area contributed by atoms with Gasteiger partial charge in [-0.25, -0.2) is 18.0 Å². The van der Waals surface area contributed by atoms with Gasteiger partial charge in [-0.2, -0.15) is 0 Å². The van der Waals surface area contributed by atoms with Crippen LogP contribution in [0.3, 0.4) is 0 Å². The predicted octanol–water partition coefficient (Wildman–Crippen LogP) is 2.07. The number of amides is 2. The highest BCUT2D eigenvalue weighted by Crippen LogP contribution is 2.30. The smallest absolute Gasteiger partial charge is 0.325 e. The van der Waals surface area contributed by atoms with Crippen molar-refractivity contribution in [1.82, 2.24) is 9.55 Å². The van der Waals surface area contributed by atoms with Gasteiger partial charge < -0.3 is 10.6 Å². The van der Waals surface area contributed by atoms with Crippen LogP contribution in [0.15, 0.2) is 52.1 Å². The second-order valence-electron chi connectivity index (χ2n) is 7.14. The fourth-order valence-electron chi connectivity index (χ4n) is 3.51. The monoisotopic (exact) mass is 444 g/mol. The van der Waals surface area contributed by atoms with Crippen LogP contribution in [0.1, 0.15) is 23.5 Å². The standard InChI is InChI=1S/C21H15F3N4O4/c22-13-6-11(7-14(23)17(13)24)25-19(30)12-8-15(29)26-18-16(12)20(31)27-21(32)28(18)9-10-4-2-1-3-5-10/h1-7,12H,8-9H2,(H,25,30)(H,26,29)(H,27,31,32)/t12-/m0/s1. The molecule has 1 aromatic heterocycles. The molecule has 0 unspecified atom stereocenters. The van der Waals surface area contributed by atoms with Crippen molar-refractivity contribution in [1.29, 1.82) is 0 Å². The Morgan fingerprint density at radius 1 is 1.06 bits per heavy atom. The lowest BCUT2D eigenvalue weighted by atomic mass is 9.92. The zero-order valence-corrected chi connectivity index (χ0v) is 16.2. The van der Waals surface area contributed by atoms with E-state index in [-0.39, 0.29) is 17.9 Å². The number of anilines is 2. The molecule has 1 atom stereocenters. The van der Waals surface area contributed by atoms with E-state index in [2.05, 4.69) is 15.6 Å². The second kappa shape index (κ2) is 8.17. The average Bonchev–Trinajstić information content (AvgIpc) is 2.74. The molecule has 0 aliphatic carbocycles. The number of nitrogens with one attached hydrogen (secondary N) is 3. The minimum atomic E-state index is -1.70. The minimum Gasteiger partial charge on any atom is -0.325 e. The summed E-state index contributed by atoms with van der Waals surface area (Å²) < 4.78 is 41.2. The number of H-pyrrole nitrogens is 1. The Bertz CT molecular complexity index is 1330. The molecule has 1 aliphatic heterocycles. The predicted molar refractivity (Wildman–Crippen MR) is 108 cm³/mol. The van der Waals surface area contributed by atoms with Gasteiger partial charge in [0.2, 0.25) is 11.8 Å². The van der Waals surface area contributed by atoms with Crippen LogP contribution < -0.4 is 21.9 Å². The number of hydrogen-bond donors (Lipinski definition) is 3. The Balaban J connectivity index is 1.75. The van der Waals surface area contributed by atoms with Crippen LogP contribution >= 0.6 is 0 Å². The number of rotatable bonds is 4. The van der Waals surface area contributed by atoms with Crippen LogP contribution in [-0.4, -0.2) is 21.4 Å². The molecular weight excluding hydrogens is 429 g/mol. The number of fused-ring (bicyclic) bond motifs is 1. The average molecular weight is 444 g/mol. The molecule has 0 saturated heterocycles. The lowest BCUT2D eigenvalue weighted by Gasteiger charge is -2.26. The Labute approximate surface area is 177 Å². The highest BCUT2D eigenvalue weighted by atomic mass is 19.2. The van der Waals surface area contributed by atoms with Crippen LogP contribution in [0, 0.1) is 17.5 Å². The second-order valence-corrected chi connectivity index (χ2v) is 7.14. The van der Waals surface area contributed by atoms with Crippen molar-refractivity contribution in [2.75, 3.05) is 10.6 Å². The lowest BCUT2D eigenvalue weighted by molar-refractivity contribution is -0.123. The molecule has 0 saturated carbocycles. The highest BCUT2D eigenvalue weighted by Gasteiger charge is 2.35. The van der Waals surface area contributed by atoms with Gasteiger partial charge in [0, 0.05) is 24.2 Å². The number of aromatic nitrogens is 2. The van der Waals surface area contributed by atoms with Gasteiger partial charge in [0.05, 0.1) is 18.0 Å². The van der Waals surface area contributed by atoms with Gasteiger partial charge >= 0.3 is 5.69 Å². The summed E-state index contributed by atoms with van der Waals surface area (Å²) in [4.78, 5) is 52.2. The maximum atomic E-state index is 13.5. The van der Waals surface area contributed by atoms with Crippen molar-refractivity contribution in [3.63, 3.8) is 0 Å². The van der Waals surface area contributed by atoms with Gasteiger partial charge in [-0.3, -0.25) is 23.9 Å². The van der Waals surface area contributed by atoms with E-state index in [0.717, 1.165) is 4.57 Å². The van der Waals surface area contributed by atoms with Crippen molar-refractivity contribution in [2.45, 2.75) is 18.9 Å². The van der Waals surface area contributed by atoms with Crippen molar-refractivity contribution in [3.05, 3.63) is 91.9 Å². The summed E-state index contributed by atoms with van der Waals surface area (Å²) in [7, 11) is 0. The largest absolute Gasteiger partial charge is 0.330 e. The first-order valence-corrected chi connectivity index (χ1v) is 9.40. The molecule has 3 N–H and O–H groups in total. The first kappa shape index (κ1) is 21.1. The molecular formula is C21H15F3N4O4. The summed E-state index contributed by atoms with van der Waals surface area (Å²) in [6.07, 6.45) is -0.447. The van der Waals surface area contributed by atoms with Crippen LogP contribution in [0.25, 0.3) is 0 Å². The number of carbonyl (C=O) groups is 2. The number of nitrogens with zero attached hydrogens (tertiary/aromatic N) is 1. The third-order valence-electron chi connectivity index (χ3n) is 4.98. The van der Waals surface area contributed by atoms with Crippen LogP contribution in [0.4, 0.5) is 24.7 Å². The zero-order valence-electron chi connectivity index (χ0n) is 16.2. The summed E-state index contributed by atoms with van der Waals surface area (Å²) in [5.41, 5.74) is -1.55. The van der Waals surface area contributed by atoms with Crippen LogP contribution in [-0.2, 0) is 16.1 Å². The molecule has 4 rings (SSSR count). The quantitative estimate of drug-likeness (QED) is 0.535. The Morgan fingerprint density at radius 3 is 2.38 bits per heavy atom. The van der Waals surface area contributed by atoms with E-state index in [4.69, 9.17) is 0 Å². The fraction of sp³-hybridized carbons (Fsp3) is 0.143. The normalized spacial score (nSPS) is 15.1. The summed E-state index contributed by atoms with van der Waals surface area (Å²) >= 11 is 0. The van der Waals surface area contributed by atoms with E-state index >= 15 is 0 Å². The molecule has 0 bridgehead atoms. The van der Waals surface area contributed by atoms with E-state index in [1.165, 1.54) is 0 Å². The van der Waals surface area contributed by atoms with Crippen molar-refractivity contribution >= 4 is 23.3 Å². The van der Waals surface area contributed by atoms with E-state index in [1.54, 1.807) is 30.3 Å². The molecule has 0 spiro atoms. The summed E-state index contributed by atoms with van der Waals surface area (Å²) in [6, 6.07) is 9.87. The van der Waals surface area contributed by atoms with Crippen molar-refractivity contribution < 1.29 is 22.8 Å². The Kier molecular flexibility index (Phi) is 5.39. The highest BCUT2D eigenvalue weighted by molar-refractivity contribution is 6.04. The number of carbonyl (C=O) groups excluding carboxylic acids is 2. The third-order valence-corrected chi connectivity index (χ3v) is 4.98. The summed E-state index contributed by atoms with van der Waals surface area (Å²) in [6.45, 7) is 0.00178. The number of aromatic amines is 1. The number of halogens is 3. The van der Waals surface area contributed by atoms with Gasteiger partial charge in [-0.05, 0) is 5.56 Å². The molecule has 1 aliphatic rings. The molecule has 0 radical (unpaired) electrons. The Morgan fingerprint density at radius 2 is 1.72 bits per heavy atom. The molecule has 3 aromatic rings. The molecule has 2 heterocycles. The van der Waals surface area contributed by atoms with Crippen molar-refractivity contribution in [3.8, 4) is 0 Å². The van der Waals surface area contributed by atoms with Crippen LogP contribution in [0.2, 0.25) is 0 Å². The zero-order chi connectivity index (χ0) is 23.0. The number of benzene rings is 2. The van der Waals surface area contributed by atoms with Crippen LogP contribution in [0.5, 0.6) is 0 Å². The fourth-order valence-corrected chi connectivity index (χ4v) is 3.51. The van der Waals surface area contributed by atoms with E-state index in [9.17, 15) is 32.3 Å². The topological polar surface area (TPSA) is 113 Å².